The van der Waals surface area contributed by atoms with Crippen LogP contribution < -0.4 is 15.2 Å². The molecule has 0 unspecified atom stereocenters. The second-order valence-corrected chi connectivity index (χ2v) is 7.56. The van der Waals surface area contributed by atoms with E-state index in [0.717, 1.165) is 12.2 Å². The van der Waals surface area contributed by atoms with Gasteiger partial charge in [-0.3, -0.25) is 14.1 Å². The van der Waals surface area contributed by atoms with Crippen LogP contribution in [0.1, 0.15) is 6.92 Å². The van der Waals surface area contributed by atoms with E-state index < -0.39 is 11.9 Å². The number of aliphatic hydroxyl groups is 1. The number of β-amino-alcohol motifs (C(OH)–C–C–N with tert-alkyl or cyclic N) is 1. The van der Waals surface area contributed by atoms with Crippen LogP contribution in [0.5, 0.6) is 5.75 Å². The van der Waals surface area contributed by atoms with Crippen LogP contribution in [0, 0.1) is 5.82 Å². The van der Waals surface area contributed by atoms with Crippen molar-refractivity contribution in [2.24, 2.45) is 0 Å². The van der Waals surface area contributed by atoms with Gasteiger partial charge in [-0.25, -0.2) is 9.37 Å². The Labute approximate surface area is 174 Å². The summed E-state index contributed by atoms with van der Waals surface area (Å²) in [6.07, 6.45) is 1.29. The third-order valence-corrected chi connectivity index (χ3v) is 5.78. The molecule has 1 aromatic carbocycles. The van der Waals surface area contributed by atoms with Gasteiger partial charge < -0.3 is 14.7 Å². The third-order valence-electron chi connectivity index (χ3n) is 5.78. The van der Waals surface area contributed by atoms with Gasteiger partial charge in [0, 0.05) is 30.9 Å². The van der Waals surface area contributed by atoms with Crippen molar-refractivity contribution in [3.05, 3.63) is 58.8 Å². The van der Waals surface area contributed by atoms with Gasteiger partial charge in [0.25, 0.3) is 5.56 Å². The Bertz CT molecular complexity index is 1130. The summed E-state index contributed by atoms with van der Waals surface area (Å²) in [5.41, 5.74) is 1.97. The third kappa shape index (κ3) is 3.64. The molecule has 0 saturated carbocycles. The number of likely N-dealkylation sites (N-methyl/N-ethyl adjacent to an activating group) is 1. The van der Waals surface area contributed by atoms with Gasteiger partial charge in [0.05, 0.1) is 30.6 Å². The van der Waals surface area contributed by atoms with Gasteiger partial charge in [-0.1, -0.05) is 6.92 Å². The Hall–Kier alpha value is -2.97. The predicted molar refractivity (Wildman–Crippen MR) is 114 cm³/mol. The molecule has 4 rings (SSSR count). The summed E-state index contributed by atoms with van der Waals surface area (Å²) in [6, 6.07) is 9.59. The normalized spacial score (nSPS) is 19.1. The lowest BCUT2D eigenvalue weighted by atomic mass is 10.1. The van der Waals surface area contributed by atoms with E-state index in [1.807, 2.05) is 13.1 Å². The molecule has 1 fully saturated rings. The largest absolute Gasteiger partial charge is 0.494 e. The lowest BCUT2D eigenvalue weighted by molar-refractivity contribution is 0.103. The first-order chi connectivity index (χ1) is 14.4. The van der Waals surface area contributed by atoms with Crippen molar-refractivity contribution in [2.75, 3.05) is 38.7 Å². The van der Waals surface area contributed by atoms with Crippen molar-refractivity contribution < 1.29 is 14.2 Å². The maximum Gasteiger partial charge on any atom is 0.258 e. The molecule has 1 aliphatic rings. The molecule has 0 bridgehead atoms. The lowest BCUT2D eigenvalue weighted by Crippen LogP contribution is -2.40. The molecule has 158 valence electrons. The molecule has 0 spiro atoms. The number of pyridine rings is 1. The number of halogens is 1. The number of fused-ring (bicyclic) bond motifs is 1. The lowest BCUT2D eigenvalue weighted by Gasteiger charge is -2.25. The van der Waals surface area contributed by atoms with E-state index in [1.54, 1.807) is 18.3 Å². The zero-order chi connectivity index (χ0) is 21.4. The number of methoxy groups -OCH3 is 1. The minimum Gasteiger partial charge on any atom is -0.494 e. The number of aromatic nitrogens is 2. The Morgan fingerprint density at radius 3 is 2.77 bits per heavy atom. The summed E-state index contributed by atoms with van der Waals surface area (Å²) in [6.45, 7) is 4.10. The highest BCUT2D eigenvalue weighted by molar-refractivity contribution is 5.63. The molecule has 0 aliphatic carbocycles. The second kappa shape index (κ2) is 8.04. The van der Waals surface area contributed by atoms with E-state index in [2.05, 4.69) is 21.7 Å². The smallest absolute Gasteiger partial charge is 0.258 e. The predicted octanol–water partition coefficient (Wildman–Crippen LogP) is 2.01. The van der Waals surface area contributed by atoms with Crippen molar-refractivity contribution in [3.8, 4) is 17.0 Å². The standard InChI is InChI=1S/C22H25FN4O3/c1-4-25(2)18-12-26(13-19(18)28)15-6-8-21-24-17(10-22(29)27(21)11-15)14-5-7-20(30-3)16(23)9-14/h5-11,18-19,28H,4,12-13H2,1-3H3/t18-,19-/m1/s1. The fraction of sp³-hybridized carbons (Fsp3) is 0.364. The summed E-state index contributed by atoms with van der Waals surface area (Å²) < 4.78 is 20.5. The first-order valence-corrected chi connectivity index (χ1v) is 9.92. The number of hydrogen-bond acceptors (Lipinski definition) is 6. The van der Waals surface area contributed by atoms with E-state index in [9.17, 15) is 14.3 Å². The van der Waals surface area contributed by atoms with E-state index >= 15 is 0 Å². The van der Waals surface area contributed by atoms with Gasteiger partial charge in [0.1, 0.15) is 5.65 Å². The summed E-state index contributed by atoms with van der Waals surface area (Å²) >= 11 is 0. The number of hydrogen-bond donors (Lipinski definition) is 1. The number of ether oxygens (including phenoxy) is 1. The zero-order valence-electron chi connectivity index (χ0n) is 17.2. The monoisotopic (exact) mass is 412 g/mol. The summed E-state index contributed by atoms with van der Waals surface area (Å²) in [5.74, 6) is -0.368. The van der Waals surface area contributed by atoms with Crippen molar-refractivity contribution in [2.45, 2.75) is 19.1 Å². The van der Waals surface area contributed by atoms with Crippen LogP contribution in [0.2, 0.25) is 0 Å². The number of aliphatic hydroxyl groups excluding tert-OH is 1. The molecule has 1 N–H and O–H groups in total. The van der Waals surface area contributed by atoms with Crippen LogP contribution in [-0.4, -0.2) is 65.3 Å². The summed E-state index contributed by atoms with van der Waals surface area (Å²) in [7, 11) is 3.40. The van der Waals surface area contributed by atoms with E-state index in [-0.39, 0.29) is 17.4 Å². The van der Waals surface area contributed by atoms with Crippen molar-refractivity contribution in [1.82, 2.24) is 14.3 Å². The van der Waals surface area contributed by atoms with Gasteiger partial charge in [-0.05, 0) is 43.9 Å². The fourth-order valence-corrected chi connectivity index (χ4v) is 3.90. The van der Waals surface area contributed by atoms with Gasteiger partial charge in [0.15, 0.2) is 11.6 Å². The van der Waals surface area contributed by atoms with Crippen molar-refractivity contribution in [3.63, 3.8) is 0 Å². The molecule has 2 atom stereocenters. The Kier molecular flexibility index (Phi) is 5.44. The average molecular weight is 412 g/mol. The van der Waals surface area contributed by atoms with Gasteiger partial charge >= 0.3 is 0 Å². The first-order valence-electron chi connectivity index (χ1n) is 9.92. The van der Waals surface area contributed by atoms with Gasteiger partial charge in [0.2, 0.25) is 0 Å². The van der Waals surface area contributed by atoms with E-state index in [0.29, 0.717) is 30.0 Å². The molecule has 1 aliphatic heterocycles. The Morgan fingerprint density at radius 2 is 2.07 bits per heavy atom. The number of nitrogens with zero attached hydrogens (tertiary/aromatic N) is 4. The van der Waals surface area contributed by atoms with Crippen LogP contribution in [0.3, 0.4) is 0 Å². The molecular weight excluding hydrogens is 387 g/mol. The summed E-state index contributed by atoms with van der Waals surface area (Å²) in [4.78, 5) is 21.5. The number of anilines is 1. The molecule has 2 aromatic heterocycles. The van der Waals surface area contributed by atoms with E-state index in [4.69, 9.17) is 4.74 Å². The van der Waals surface area contributed by atoms with Crippen molar-refractivity contribution >= 4 is 11.3 Å². The minimum absolute atomic E-state index is 0.0490. The van der Waals surface area contributed by atoms with Gasteiger partial charge in [-0.2, -0.15) is 0 Å². The molecule has 7 nitrogen and oxygen atoms in total. The maximum absolute atomic E-state index is 14.1. The molecular formula is C22H25FN4O3. The van der Waals surface area contributed by atoms with E-state index in [1.165, 1.54) is 29.7 Å². The van der Waals surface area contributed by atoms with Crippen LogP contribution in [0.25, 0.3) is 16.9 Å². The number of benzene rings is 1. The molecule has 8 heteroatoms. The SMILES string of the molecule is CCN(C)[C@@H]1CN(c2ccc3nc(-c4ccc(OC)c(F)c4)cc(=O)n3c2)C[C@H]1O. The van der Waals surface area contributed by atoms with Gasteiger partial charge in [-0.15, -0.1) is 0 Å². The highest BCUT2D eigenvalue weighted by Gasteiger charge is 2.33. The first kappa shape index (κ1) is 20.3. The maximum atomic E-state index is 14.1. The molecule has 30 heavy (non-hydrogen) atoms. The second-order valence-electron chi connectivity index (χ2n) is 7.56. The quantitative estimate of drug-likeness (QED) is 0.691. The zero-order valence-corrected chi connectivity index (χ0v) is 17.2. The molecule has 0 radical (unpaired) electrons. The number of rotatable bonds is 5. The fourth-order valence-electron chi connectivity index (χ4n) is 3.90. The van der Waals surface area contributed by atoms with Crippen molar-refractivity contribution in [1.29, 1.82) is 0 Å². The highest BCUT2D eigenvalue weighted by atomic mass is 19.1. The average Bonchev–Trinajstić information content (AvgIpc) is 3.14. The Balaban J connectivity index is 1.67. The molecule has 0 amide bonds. The van der Waals surface area contributed by atoms with Crippen LogP contribution >= 0.6 is 0 Å². The van der Waals surface area contributed by atoms with Crippen LogP contribution in [0.15, 0.2) is 47.4 Å². The summed E-state index contributed by atoms with van der Waals surface area (Å²) in [5, 5.41) is 10.4. The molecule has 1 saturated heterocycles. The van der Waals surface area contributed by atoms with Crippen LogP contribution in [0.4, 0.5) is 10.1 Å². The molecule has 3 aromatic rings. The topological polar surface area (TPSA) is 70.3 Å². The Morgan fingerprint density at radius 1 is 1.27 bits per heavy atom. The molecule has 3 heterocycles. The minimum atomic E-state index is -0.508. The highest BCUT2D eigenvalue weighted by Crippen LogP contribution is 2.26. The van der Waals surface area contributed by atoms with Crippen LogP contribution in [-0.2, 0) is 0 Å².